The summed E-state index contributed by atoms with van der Waals surface area (Å²) in [6.07, 6.45) is 1.08. The van der Waals surface area contributed by atoms with E-state index < -0.39 is 0 Å². The fourth-order valence-corrected chi connectivity index (χ4v) is 2.74. The van der Waals surface area contributed by atoms with Crippen molar-refractivity contribution in [2.45, 2.75) is 40.7 Å². The Morgan fingerprint density at radius 2 is 1.72 bits per heavy atom. The lowest BCUT2D eigenvalue weighted by molar-refractivity contribution is 0.289. The number of nitrogens with one attached hydrogen (secondary N) is 1. The zero-order valence-corrected chi connectivity index (χ0v) is 16.1. The maximum Gasteiger partial charge on any atom is 0.119 e. The molecule has 0 aromatic heterocycles. The predicted molar refractivity (Wildman–Crippen MR) is 109 cm³/mol. The lowest BCUT2D eigenvalue weighted by atomic mass is 10.1. The van der Waals surface area contributed by atoms with Gasteiger partial charge >= 0.3 is 0 Å². The lowest BCUT2D eigenvalue weighted by Gasteiger charge is -2.21. The number of hydrogen-bond acceptors (Lipinski definition) is 3. The maximum absolute atomic E-state index is 5.84. The highest BCUT2D eigenvalue weighted by Gasteiger charge is 2.02. The molecule has 1 N–H and O–H groups in total. The quantitative estimate of drug-likeness (QED) is 0.612. The minimum Gasteiger partial charge on any atom is -0.494 e. The molecule has 2 rings (SSSR count). The van der Waals surface area contributed by atoms with Gasteiger partial charge in [-0.2, -0.15) is 0 Å². The minimum absolute atomic E-state index is 0.671. The first-order valence-electron chi connectivity index (χ1n) is 9.43. The molecule has 136 valence electrons. The van der Waals surface area contributed by atoms with Gasteiger partial charge in [0.05, 0.1) is 6.61 Å². The maximum atomic E-state index is 5.84. The summed E-state index contributed by atoms with van der Waals surface area (Å²) in [4.78, 5) is 2.35. The summed E-state index contributed by atoms with van der Waals surface area (Å²) in [6, 6.07) is 17.0. The Kier molecular flexibility index (Phi) is 7.65. The first-order valence-corrected chi connectivity index (χ1v) is 9.43. The van der Waals surface area contributed by atoms with Crippen LogP contribution in [0.4, 0.5) is 11.4 Å². The standard InChI is InChI=1S/C22H32N2O/c1-5-24(6-2)21-12-10-20(11-13-21)23-17-19-8-7-9-22(16-19)25-15-14-18(3)4/h7-13,16,18,23H,5-6,14-15,17H2,1-4H3. The highest BCUT2D eigenvalue weighted by atomic mass is 16.5. The molecule has 0 spiro atoms. The van der Waals surface area contributed by atoms with Gasteiger partial charge in [-0.25, -0.2) is 0 Å². The normalized spacial score (nSPS) is 10.8. The summed E-state index contributed by atoms with van der Waals surface area (Å²) in [5, 5.41) is 3.49. The average Bonchev–Trinajstić information content (AvgIpc) is 2.62. The van der Waals surface area contributed by atoms with E-state index in [4.69, 9.17) is 4.74 Å². The highest BCUT2D eigenvalue weighted by molar-refractivity contribution is 5.55. The highest BCUT2D eigenvalue weighted by Crippen LogP contribution is 2.19. The molecule has 0 aliphatic heterocycles. The molecule has 0 aliphatic carbocycles. The Morgan fingerprint density at radius 3 is 2.36 bits per heavy atom. The van der Waals surface area contributed by atoms with Crippen molar-refractivity contribution in [3.05, 3.63) is 54.1 Å². The SMILES string of the molecule is CCN(CC)c1ccc(NCc2cccc(OCCC(C)C)c2)cc1. The van der Waals surface area contributed by atoms with Crippen LogP contribution < -0.4 is 15.0 Å². The largest absolute Gasteiger partial charge is 0.494 e. The predicted octanol–water partition coefficient (Wildman–Crippen LogP) is 5.57. The van der Waals surface area contributed by atoms with Gasteiger partial charge < -0.3 is 15.0 Å². The van der Waals surface area contributed by atoms with E-state index in [0.29, 0.717) is 5.92 Å². The molecule has 0 radical (unpaired) electrons. The Balaban J connectivity index is 1.88. The van der Waals surface area contributed by atoms with Crippen LogP contribution in [0.3, 0.4) is 0 Å². The van der Waals surface area contributed by atoms with Crippen LogP contribution in [0.5, 0.6) is 5.75 Å². The third kappa shape index (κ3) is 6.33. The number of ether oxygens (including phenoxy) is 1. The van der Waals surface area contributed by atoms with Gasteiger partial charge in [0.1, 0.15) is 5.75 Å². The second-order valence-corrected chi connectivity index (χ2v) is 6.75. The molecule has 0 heterocycles. The zero-order chi connectivity index (χ0) is 18.1. The first-order chi connectivity index (χ1) is 12.1. The van der Waals surface area contributed by atoms with Gasteiger partial charge in [0.15, 0.2) is 0 Å². The second kappa shape index (κ2) is 9.97. The van der Waals surface area contributed by atoms with Crippen molar-refractivity contribution >= 4 is 11.4 Å². The third-order valence-electron chi connectivity index (χ3n) is 4.35. The number of nitrogens with zero attached hydrogens (tertiary/aromatic N) is 1. The molecule has 25 heavy (non-hydrogen) atoms. The van der Waals surface area contributed by atoms with E-state index in [9.17, 15) is 0 Å². The molecule has 0 saturated heterocycles. The van der Waals surface area contributed by atoms with Gasteiger partial charge in [-0.1, -0.05) is 26.0 Å². The molecule has 0 bridgehead atoms. The van der Waals surface area contributed by atoms with Crippen molar-refractivity contribution in [2.24, 2.45) is 5.92 Å². The molecule has 2 aromatic rings. The molecular weight excluding hydrogens is 308 g/mol. The Hall–Kier alpha value is -2.16. The molecule has 0 fully saturated rings. The summed E-state index contributed by atoms with van der Waals surface area (Å²) in [7, 11) is 0. The van der Waals surface area contributed by atoms with E-state index in [0.717, 1.165) is 44.1 Å². The fourth-order valence-electron chi connectivity index (χ4n) is 2.74. The molecule has 0 amide bonds. The van der Waals surface area contributed by atoms with Gasteiger partial charge in [0.2, 0.25) is 0 Å². The molecule has 3 nitrogen and oxygen atoms in total. The van der Waals surface area contributed by atoms with Crippen LogP contribution >= 0.6 is 0 Å². The van der Waals surface area contributed by atoms with E-state index in [1.807, 2.05) is 6.07 Å². The van der Waals surface area contributed by atoms with Crippen LogP contribution in [-0.2, 0) is 6.54 Å². The van der Waals surface area contributed by atoms with Crippen LogP contribution in [0.1, 0.15) is 39.7 Å². The molecule has 0 aliphatic rings. The van der Waals surface area contributed by atoms with E-state index in [2.05, 4.69) is 80.4 Å². The summed E-state index contributed by atoms with van der Waals surface area (Å²) >= 11 is 0. The van der Waals surface area contributed by atoms with Crippen LogP contribution in [0.2, 0.25) is 0 Å². The Bertz CT molecular complexity index is 618. The van der Waals surface area contributed by atoms with Crippen molar-refractivity contribution in [2.75, 3.05) is 29.9 Å². The van der Waals surface area contributed by atoms with E-state index in [1.54, 1.807) is 0 Å². The van der Waals surface area contributed by atoms with Gasteiger partial charge in [0.25, 0.3) is 0 Å². The van der Waals surface area contributed by atoms with Gasteiger partial charge in [-0.05, 0) is 68.1 Å². The molecule has 3 heteroatoms. The van der Waals surface area contributed by atoms with E-state index in [-0.39, 0.29) is 0 Å². The van der Waals surface area contributed by atoms with Gasteiger partial charge in [-0.3, -0.25) is 0 Å². The van der Waals surface area contributed by atoms with Crippen LogP contribution in [-0.4, -0.2) is 19.7 Å². The summed E-state index contributed by atoms with van der Waals surface area (Å²) in [6.45, 7) is 12.5. The van der Waals surface area contributed by atoms with Gasteiger partial charge in [0, 0.05) is 31.0 Å². The second-order valence-electron chi connectivity index (χ2n) is 6.75. The van der Waals surface area contributed by atoms with Crippen molar-refractivity contribution in [3.63, 3.8) is 0 Å². The smallest absolute Gasteiger partial charge is 0.119 e. The molecule has 2 aromatic carbocycles. The fraction of sp³-hybridized carbons (Fsp3) is 0.455. The van der Waals surface area contributed by atoms with Crippen molar-refractivity contribution in [3.8, 4) is 5.75 Å². The monoisotopic (exact) mass is 340 g/mol. The Morgan fingerprint density at radius 1 is 1.00 bits per heavy atom. The average molecular weight is 341 g/mol. The molecular formula is C22H32N2O. The summed E-state index contributed by atoms with van der Waals surface area (Å²) in [5.41, 5.74) is 3.65. The number of hydrogen-bond donors (Lipinski definition) is 1. The van der Waals surface area contributed by atoms with Crippen molar-refractivity contribution < 1.29 is 4.74 Å². The van der Waals surface area contributed by atoms with Crippen LogP contribution in [0.15, 0.2) is 48.5 Å². The summed E-state index contributed by atoms with van der Waals surface area (Å²) in [5.74, 6) is 1.63. The van der Waals surface area contributed by atoms with E-state index >= 15 is 0 Å². The lowest BCUT2D eigenvalue weighted by Crippen LogP contribution is -2.21. The van der Waals surface area contributed by atoms with Crippen LogP contribution in [0.25, 0.3) is 0 Å². The third-order valence-corrected chi connectivity index (χ3v) is 4.35. The number of anilines is 2. The number of benzene rings is 2. The topological polar surface area (TPSA) is 24.5 Å². The van der Waals surface area contributed by atoms with Crippen molar-refractivity contribution in [1.82, 2.24) is 0 Å². The Labute approximate surface area is 153 Å². The molecule has 0 unspecified atom stereocenters. The zero-order valence-electron chi connectivity index (χ0n) is 16.1. The van der Waals surface area contributed by atoms with Crippen molar-refractivity contribution in [1.29, 1.82) is 0 Å². The number of rotatable bonds is 10. The summed E-state index contributed by atoms with van der Waals surface area (Å²) < 4.78 is 5.84. The molecule has 0 atom stereocenters. The van der Waals surface area contributed by atoms with Gasteiger partial charge in [-0.15, -0.1) is 0 Å². The van der Waals surface area contributed by atoms with Crippen LogP contribution in [0, 0.1) is 5.92 Å². The minimum atomic E-state index is 0.671. The van der Waals surface area contributed by atoms with E-state index in [1.165, 1.54) is 11.3 Å². The first kappa shape index (κ1) is 19.2. The molecule has 0 saturated carbocycles.